The van der Waals surface area contributed by atoms with Crippen molar-refractivity contribution in [3.05, 3.63) is 47.5 Å². The fourth-order valence-electron chi connectivity index (χ4n) is 4.28. The lowest BCUT2D eigenvalue weighted by Gasteiger charge is -2.33. The van der Waals surface area contributed by atoms with Gasteiger partial charge in [0, 0.05) is 31.2 Å². The number of nitrogens with zero attached hydrogens (tertiary/aromatic N) is 1. The topological polar surface area (TPSA) is 76.1 Å². The van der Waals surface area contributed by atoms with E-state index in [-0.39, 0.29) is 36.7 Å². The summed E-state index contributed by atoms with van der Waals surface area (Å²) in [6.45, 7) is 5.57. The number of fused-ring (bicyclic) bond motifs is 1. The fraction of sp³-hybridized carbons (Fsp3) is 0.600. The molecule has 0 bridgehead atoms. The Balaban J connectivity index is 1.65. The number of aliphatic hydroxyl groups is 1. The van der Waals surface area contributed by atoms with Gasteiger partial charge in [0.2, 0.25) is 0 Å². The zero-order chi connectivity index (χ0) is 23.8. The fourth-order valence-corrected chi connectivity index (χ4v) is 5.54. The number of thiol groups is 1. The second kappa shape index (κ2) is 12.4. The highest BCUT2D eigenvalue weighted by atomic mass is 32.2. The van der Waals surface area contributed by atoms with Crippen molar-refractivity contribution in [3.8, 4) is 0 Å². The lowest BCUT2D eigenvalue weighted by Crippen LogP contribution is -2.47. The van der Waals surface area contributed by atoms with Crippen molar-refractivity contribution in [2.24, 2.45) is 5.92 Å². The van der Waals surface area contributed by atoms with Crippen molar-refractivity contribution in [1.29, 1.82) is 0 Å². The van der Waals surface area contributed by atoms with E-state index < -0.39 is 17.7 Å². The van der Waals surface area contributed by atoms with Gasteiger partial charge < -0.3 is 14.6 Å². The minimum absolute atomic E-state index is 0.0369. The Morgan fingerprint density at radius 2 is 2.06 bits per heavy atom. The quantitative estimate of drug-likeness (QED) is 0.200. The molecule has 1 aromatic carbocycles. The number of thioether (sulfide) groups is 1. The standard InChI is InChI=1S/C25H35NO5S2/c1-18(15-22(28)33-14-6-13-32)25(2,31-16-19-7-4-3-5-8-19)24(29)30-17-20-9-11-26-12-10-21(27)23(20)26/h3-5,7-9,18,21,23,27,32H,6,10-17H2,1-2H3/t18-,21-,23-,25+/m1/s1. The smallest absolute Gasteiger partial charge is 0.338 e. The Morgan fingerprint density at radius 3 is 2.79 bits per heavy atom. The summed E-state index contributed by atoms with van der Waals surface area (Å²) in [7, 11) is 0. The van der Waals surface area contributed by atoms with Gasteiger partial charge in [0.1, 0.15) is 6.61 Å². The van der Waals surface area contributed by atoms with Crippen molar-refractivity contribution in [3.63, 3.8) is 0 Å². The van der Waals surface area contributed by atoms with Crippen LogP contribution in [0.2, 0.25) is 0 Å². The van der Waals surface area contributed by atoms with E-state index in [1.165, 1.54) is 11.8 Å². The van der Waals surface area contributed by atoms with Gasteiger partial charge in [-0.3, -0.25) is 9.69 Å². The van der Waals surface area contributed by atoms with Crippen molar-refractivity contribution in [2.75, 3.05) is 31.2 Å². The average molecular weight is 494 g/mol. The Bertz CT molecular complexity index is 833. The summed E-state index contributed by atoms with van der Waals surface area (Å²) in [5, 5.41) is 10.3. The van der Waals surface area contributed by atoms with Crippen LogP contribution < -0.4 is 0 Å². The summed E-state index contributed by atoms with van der Waals surface area (Å²) < 4.78 is 11.9. The zero-order valence-corrected chi connectivity index (χ0v) is 21.2. The summed E-state index contributed by atoms with van der Waals surface area (Å²) >= 11 is 5.47. The van der Waals surface area contributed by atoms with Gasteiger partial charge in [-0.05, 0) is 36.7 Å². The molecule has 33 heavy (non-hydrogen) atoms. The van der Waals surface area contributed by atoms with Gasteiger partial charge in [-0.25, -0.2) is 4.79 Å². The van der Waals surface area contributed by atoms with E-state index in [0.29, 0.717) is 0 Å². The molecule has 0 unspecified atom stereocenters. The molecular weight excluding hydrogens is 458 g/mol. The molecule has 0 amide bonds. The molecule has 2 aliphatic heterocycles. The Morgan fingerprint density at radius 1 is 1.30 bits per heavy atom. The number of rotatable bonds is 12. The average Bonchev–Trinajstić information content (AvgIpc) is 3.39. The van der Waals surface area contributed by atoms with Crippen LogP contribution in [0.3, 0.4) is 0 Å². The largest absolute Gasteiger partial charge is 0.459 e. The van der Waals surface area contributed by atoms with Crippen molar-refractivity contribution >= 4 is 35.5 Å². The first kappa shape index (κ1) is 26.3. The van der Waals surface area contributed by atoms with E-state index in [1.807, 2.05) is 43.3 Å². The molecular formula is C25H35NO5S2. The second-order valence-electron chi connectivity index (χ2n) is 8.94. The predicted octanol–water partition coefficient (Wildman–Crippen LogP) is 3.49. The third-order valence-electron chi connectivity index (χ3n) is 6.57. The van der Waals surface area contributed by atoms with E-state index in [2.05, 4.69) is 17.5 Å². The maximum absolute atomic E-state index is 13.3. The van der Waals surface area contributed by atoms with Gasteiger partial charge in [0.15, 0.2) is 10.7 Å². The Hall–Kier alpha value is -1.32. The van der Waals surface area contributed by atoms with Crippen LogP contribution >= 0.6 is 24.4 Å². The number of ether oxygens (including phenoxy) is 2. The summed E-state index contributed by atoms with van der Waals surface area (Å²) in [4.78, 5) is 28.0. The van der Waals surface area contributed by atoms with Gasteiger partial charge in [-0.1, -0.05) is 55.1 Å². The van der Waals surface area contributed by atoms with Crippen LogP contribution in [0.5, 0.6) is 0 Å². The van der Waals surface area contributed by atoms with E-state index in [9.17, 15) is 14.7 Å². The Labute approximate surface area is 206 Å². The number of hydrogen-bond donors (Lipinski definition) is 2. The first-order valence-corrected chi connectivity index (χ1v) is 13.2. The van der Waals surface area contributed by atoms with E-state index in [1.54, 1.807) is 6.92 Å². The first-order chi connectivity index (χ1) is 15.8. The monoisotopic (exact) mass is 493 g/mol. The van der Waals surface area contributed by atoms with E-state index in [4.69, 9.17) is 9.47 Å². The number of carbonyl (C=O) groups excluding carboxylic acids is 2. The van der Waals surface area contributed by atoms with Crippen LogP contribution in [0, 0.1) is 5.92 Å². The minimum atomic E-state index is -1.28. The van der Waals surface area contributed by atoms with Crippen LogP contribution in [0.4, 0.5) is 0 Å². The Kier molecular flexibility index (Phi) is 9.88. The molecule has 2 heterocycles. The second-order valence-corrected chi connectivity index (χ2v) is 10.5. The molecule has 0 aromatic heterocycles. The van der Waals surface area contributed by atoms with Crippen molar-refractivity contribution in [2.45, 2.75) is 57.5 Å². The molecule has 6 nitrogen and oxygen atoms in total. The molecule has 2 aliphatic rings. The normalized spacial score (nSPS) is 23.0. The molecule has 1 saturated heterocycles. The maximum atomic E-state index is 13.3. The maximum Gasteiger partial charge on any atom is 0.338 e. The SMILES string of the molecule is C[C@H](CC(=O)SCCCS)[C@](C)(OCc1ccccc1)C(=O)OCC1=CCN2CC[C@@H](O)[C@@H]12. The summed E-state index contributed by atoms with van der Waals surface area (Å²) in [6, 6.07) is 9.57. The van der Waals surface area contributed by atoms with Crippen LogP contribution in [0.15, 0.2) is 42.0 Å². The van der Waals surface area contributed by atoms with Gasteiger partial charge >= 0.3 is 5.97 Å². The molecule has 3 rings (SSSR count). The van der Waals surface area contributed by atoms with E-state index >= 15 is 0 Å². The molecule has 8 heteroatoms. The van der Waals surface area contributed by atoms with Gasteiger partial charge in [0.05, 0.1) is 18.8 Å². The van der Waals surface area contributed by atoms with Gasteiger partial charge in [-0.15, -0.1) is 0 Å². The lowest BCUT2D eigenvalue weighted by molar-refractivity contribution is -0.179. The number of aliphatic hydroxyl groups excluding tert-OH is 1. The number of benzene rings is 1. The third kappa shape index (κ3) is 6.85. The molecule has 1 N–H and O–H groups in total. The minimum Gasteiger partial charge on any atom is -0.459 e. The van der Waals surface area contributed by atoms with Crippen LogP contribution in [-0.2, 0) is 25.7 Å². The number of carbonyl (C=O) groups is 2. The third-order valence-corrected chi connectivity index (χ3v) is 7.87. The molecule has 1 aromatic rings. The highest BCUT2D eigenvalue weighted by Gasteiger charge is 2.44. The highest BCUT2D eigenvalue weighted by Crippen LogP contribution is 2.32. The van der Waals surface area contributed by atoms with Gasteiger partial charge in [0.25, 0.3) is 0 Å². The summed E-state index contributed by atoms with van der Waals surface area (Å²) in [5.41, 5.74) is 0.606. The van der Waals surface area contributed by atoms with Crippen LogP contribution in [0.25, 0.3) is 0 Å². The molecule has 1 fully saturated rings. The molecule has 0 radical (unpaired) electrons. The van der Waals surface area contributed by atoms with Crippen molar-refractivity contribution < 1.29 is 24.2 Å². The first-order valence-electron chi connectivity index (χ1n) is 11.6. The molecule has 4 atom stereocenters. The summed E-state index contributed by atoms with van der Waals surface area (Å²) in [5.74, 6) is 0.611. The lowest BCUT2D eigenvalue weighted by atomic mass is 9.88. The zero-order valence-electron chi connectivity index (χ0n) is 19.4. The van der Waals surface area contributed by atoms with Crippen molar-refractivity contribution in [1.82, 2.24) is 4.90 Å². The van der Waals surface area contributed by atoms with Crippen LogP contribution in [-0.4, -0.2) is 70.0 Å². The number of esters is 1. The van der Waals surface area contributed by atoms with Crippen LogP contribution in [0.1, 0.15) is 38.7 Å². The molecule has 0 aliphatic carbocycles. The molecule has 0 saturated carbocycles. The highest BCUT2D eigenvalue weighted by molar-refractivity contribution is 8.13. The van der Waals surface area contributed by atoms with Gasteiger partial charge in [-0.2, -0.15) is 12.6 Å². The summed E-state index contributed by atoms with van der Waals surface area (Å²) in [6.07, 6.45) is 3.42. The predicted molar refractivity (Wildman–Crippen MR) is 134 cm³/mol. The molecule has 0 spiro atoms. The molecule has 182 valence electrons. The van der Waals surface area contributed by atoms with E-state index in [0.717, 1.165) is 48.6 Å². The number of hydrogen-bond acceptors (Lipinski definition) is 8.